The summed E-state index contributed by atoms with van der Waals surface area (Å²) in [5.41, 5.74) is 6.71. The molecule has 0 N–H and O–H groups in total. The molecule has 0 spiro atoms. The molecule has 0 bridgehead atoms. The van der Waals surface area contributed by atoms with Crippen LogP contribution in [0, 0.1) is 27.7 Å². The summed E-state index contributed by atoms with van der Waals surface area (Å²) >= 11 is 0. The molecule has 2 nitrogen and oxygen atoms in total. The van der Waals surface area contributed by atoms with Crippen molar-refractivity contribution in [3.63, 3.8) is 0 Å². The molecule has 0 aliphatic carbocycles. The predicted octanol–water partition coefficient (Wildman–Crippen LogP) is 5.63. The molecular formula is C20H22O2. The number of rotatable bonds is 5. The molecule has 0 aliphatic rings. The average molecular weight is 294 g/mol. The van der Waals surface area contributed by atoms with E-state index in [0.29, 0.717) is 0 Å². The van der Waals surface area contributed by atoms with E-state index in [1.807, 2.05) is 27.7 Å². The van der Waals surface area contributed by atoms with Crippen LogP contribution in [0.2, 0.25) is 0 Å². The van der Waals surface area contributed by atoms with Crippen LogP contribution in [-0.2, 0) is 0 Å². The van der Waals surface area contributed by atoms with Crippen LogP contribution in [0.15, 0.2) is 49.9 Å². The Labute approximate surface area is 132 Å². The third-order valence-electron chi connectivity index (χ3n) is 3.66. The Bertz CT molecular complexity index is 617. The van der Waals surface area contributed by atoms with E-state index in [1.165, 1.54) is 23.7 Å². The summed E-state index contributed by atoms with van der Waals surface area (Å²) in [4.78, 5) is 0. The Balaban J connectivity index is 2.53. The normalized spacial score (nSPS) is 10.2. The topological polar surface area (TPSA) is 18.5 Å². The summed E-state index contributed by atoms with van der Waals surface area (Å²) in [6.07, 6.45) is 2.93. The van der Waals surface area contributed by atoms with Gasteiger partial charge in [0.2, 0.25) is 0 Å². The Hall–Kier alpha value is -2.48. The number of ether oxygens (including phenoxy) is 2. The molecular weight excluding hydrogens is 272 g/mol. The van der Waals surface area contributed by atoms with Crippen molar-refractivity contribution in [1.29, 1.82) is 0 Å². The molecule has 2 aromatic carbocycles. The molecule has 2 rings (SSSR count). The second-order valence-electron chi connectivity index (χ2n) is 5.45. The van der Waals surface area contributed by atoms with Gasteiger partial charge in [0.1, 0.15) is 11.5 Å². The summed E-state index contributed by atoms with van der Waals surface area (Å²) < 4.78 is 11.0. The van der Waals surface area contributed by atoms with Crippen molar-refractivity contribution in [3.8, 4) is 22.6 Å². The fourth-order valence-electron chi connectivity index (χ4n) is 2.77. The highest BCUT2D eigenvalue weighted by molar-refractivity contribution is 5.70. The molecule has 0 saturated heterocycles. The van der Waals surface area contributed by atoms with Crippen molar-refractivity contribution < 1.29 is 9.47 Å². The van der Waals surface area contributed by atoms with Crippen molar-refractivity contribution in [2.24, 2.45) is 0 Å². The van der Waals surface area contributed by atoms with E-state index in [-0.39, 0.29) is 0 Å². The predicted molar refractivity (Wildman–Crippen MR) is 92.5 cm³/mol. The van der Waals surface area contributed by atoms with Gasteiger partial charge in [0, 0.05) is 0 Å². The van der Waals surface area contributed by atoms with Gasteiger partial charge in [0.25, 0.3) is 0 Å². The molecule has 0 saturated carbocycles. The van der Waals surface area contributed by atoms with Gasteiger partial charge < -0.3 is 9.47 Å². The lowest BCUT2D eigenvalue weighted by atomic mass is 9.96. The van der Waals surface area contributed by atoms with Crippen LogP contribution < -0.4 is 9.47 Å². The van der Waals surface area contributed by atoms with Crippen molar-refractivity contribution in [1.82, 2.24) is 0 Å². The number of hydrogen-bond acceptors (Lipinski definition) is 2. The highest BCUT2D eigenvalue weighted by Crippen LogP contribution is 2.34. The lowest BCUT2D eigenvalue weighted by molar-refractivity contribution is 0.475. The monoisotopic (exact) mass is 294 g/mol. The van der Waals surface area contributed by atoms with Crippen LogP contribution >= 0.6 is 0 Å². The molecule has 0 heterocycles. The van der Waals surface area contributed by atoms with Crippen molar-refractivity contribution >= 4 is 0 Å². The van der Waals surface area contributed by atoms with Gasteiger partial charge >= 0.3 is 0 Å². The van der Waals surface area contributed by atoms with Gasteiger partial charge in [0.15, 0.2) is 0 Å². The van der Waals surface area contributed by atoms with Gasteiger partial charge in [-0.1, -0.05) is 13.2 Å². The van der Waals surface area contributed by atoms with Crippen LogP contribution in [-0.4, -0.2) is 0 Å². The first-order chi connectivity index (χ1) is 10.5. The van der Waals surface area contributed by atoms with E-state index in [0.717, 1.165) is 33.8 Å². The number of benzene rings is 2. The SMILES string of the molecule is C=COc1c(C)cc(-c2cc(C)c(OC=C)c(C)c2)cc1C. The third kappa shape index (κ3) is 3.06. The minimum atomic E-state index is 0.874. The van der Waals surface area contributed by atoms with Crippen molar-refractivity contribution in [3.05, 3.63) is 72.2 Å². The Kier molecular flexibility index (Phi) is 4.71. The van der Waals surface area contributed by atoms with Crippen molar-refractivity contribution in [2.75, 3.05) is 0 Å². The molecule has 0 aromatic heterocycles. The maximum atomic E-state index is 5.49. The lowest BCUT2D eigenvalue weighted by Crippen LogP contribution is -1.94. The van der Waals surface area contributed by atoms with E-state index in [1.54, 1.807) is 0 Å². The molecule has 0 radical (unpaired) electrons. The first-order valence-corrected chi connectivity index (χ1v) is 7.26. The molecule has 22 heavy (non-hydrogen) atoms. The highest BCUT2D eigenvalue weighted by atomic mass is 16.5. The molecule has 0 amide bonds. The van der Waals surface area contributed by atoms with Crippen molar-refractivity contribution in [2.45, 2.75) is 27.7 Å². The van der Waals surface area contributed by atoms with Gasteiger partial charge in [-0.25, -0.2) is 0 Å². The van der Waals surface area contributed by atoms with Gasteiger partial charge in [-0.05, 0) is 85.3 Å². The first kappa shape index (κ1) is 15.9. The van der Waals surface area contributed by atoms with Crippen LogP contribution in [0.1, 0.15) is 22.3 Å². The molecule has 0 aliphatic heterocycles. The Morgan fingerprint density at radius 3 is 1.14 bits per heavy atom. The van der Waals surface area contributed by atoms with Gasteiger partial charge in [0.05, 0.1) is 12.5 Å². The molecule has 2 heteroatoms. The van der Waals surface area contributed by atoms with Crippen LogP contribution in [0.5, 0.6) is 11.5 Å². The van der Waals surface area contributed by atoms with E-state index < -0.39 is 0 Å². The molecule has 114 valence electrons. The largest absolute Gasteiger partial charge is 0.465 e. The lowest BCUT2D eigenvalue weighted by Gasteiger charge is -2.14. The average Bonchev–Trinajstić information content (AvgIpc) is 2.46. The van der Waals surface area contributed by atoms with E-state index >= 15 is 0 Å². The van der Waals surface area contributed by atoms with E-state index in [2.05, 4.69) is 37.4 Å². The molecule has 0 fully saturated rings. The summed E-state index contributed by atoms with van der Waals surface area (Å²) in [6.45, 7) is 15.4. The number of aryl methyl sites for hydroxylation is 4. The second kappa shape index (κ2) is 6.52. The maximum absolute atomic E-state index is 5.49. The molecule has 0 unspecified atom stereocenters. The van der Waals surface area contributed by atoms with Gasteiger partial charge in [-0.3, -0.25) is 0 Å². The van der Waals surface area contributed by atoms with Crippen LogP contribution in [0.4, 0.5) is 0 Å². The Morgan fingerprint density at radius 1 is 0.636 bits per heavy atom. The smallest absolute Gasteiger partial charge is 0.132 e. The summed E-state index contributed by atoms with van der Waals surface area (Å²) in [5, 5.41) is 0. The van der Waals surface area contributed by atoms with Gasteiger partial charge in [-0.15, -0.1) is 0 Å². The number of hydrogen-bond donors (Lipinski definition) is 0. The highest BCUT2D eigenvalue weighted by Gasteiger charge is 2.11. The maximum Gasteiger partial charge on any atom is 0.132 e. The summed E-state index contributed by atoms with van der Waals surface area (Å²) in [5.74, 6) is 1.75. The van der Waals surface area contributed by atoms with Crippen LogP contribution in [0.3, 0.4) is 0 Å². The zero-order valence-corrected chi connectivity index (χ0v) is 13.7. The zero-order valence-electron chi connectivity index (χ0n) is 13.7. The quantitative estimate of drug-likeness (QED) is 0.665. The second-order valence-corrected chi connectivity index (χ2v) is 5.45. The summed E-state index contributed by atoms with van der Waals surface area (Å²) in [6, 6.07) is 8.53. The third-order valence-corrected chi connectivity index (χ3v) is 3.66. The van der Waals surface area contributed by atoms with E-state index in [4.69, 9.17) is 9.47 Å². The molecule has 2 aromatic rings. The van der Waals surface area contributed by atoms with Gasteiger partial charge in [-0.2, -0.15) is 0 Å². The standard InChI is InChI=1S/C20H22O2/c1-7-21-19-13(3)9-17(10-14(19)4)18-11-15(5)20(22-8-2)16(6)12-18/h7-12H,1-2H2,3-6H3. The van der Waals surface area contributed by atoms with Crippen LogP contribution in [0.25, 0.3) is 11.1 Å². The first-order valence-electron chi connectivity index (χ1n) is 7.26. The Morgan fingerprint density at radius 2 is 0.909 bits per heavy atom. The minimum Gasteiger partial charge on any atom is -0.465 e. The molecule has 0 atom stereocenters. The zero-order chi connectivity index (χ0) is 16.3. The van der Waals surface area contributed by atoms with E-state index in [9.17, 15) is 0 Å². The fourth-order valence-corrected chi connectivity index (χ4v) is 2.77. The minimum absolute atomic E-state index is 0.874. The summed E-state index contributed by atoms with van der Waals surface area (Å²) in [7, 11) is 0. The fraction of sp³-hybridized carbons (Fsp3) is 0.200.